The summed E-state index contributed by atoms with van der Waals surface area (Å²) in [6, 6.07) is 13.2. The van der Waals surface area contributed by atoms with Crippen molar-refractivity contribution < 1.29 is 9.13 Å². The minimum Gasteiger partial charge on any atom is -0.376 e. The number of aryl methyl sites for hydroxylation is 1. The van der Waals surface area contributed by atoms with Gasteiger partial charge in [0.05, 0.1) is 6.10 Å². The molecule has 1 nitrogen and oxygen atoms in total. The number of rotatable bonds is 4. The Labute approximate surface area is 133 Å². The van der Waals surface area contributed by atoms with Crippen molar-refractivity contribution >= 4 is 0 Å². The molecule has 2 heteroatoms. The molecule has 0 aliphatic heterocycles. The second-order valence-electron chi connectivity index (χ2n) is 6.74. The van der Waals surface area contributed by atoms with Crippen molar-refractivity contribution in [2.45, 2.75) is 40.2 Å². The maximum absolute atomic E-state index is 14.3. The molecule has 0 amide bonds. The highest BCUT2D eigenvalue weighted by Gasteiger charge is 2.29. The Kier molecular flexibility index (Phi) is 5.02. The van der Waals surface area contributed by atoms with Gasteiger partial charge in [0.1, 0.15) is 5.82 Å². The Morgan fingerprint density at radius 2 is 1.73 bits per heavy atom. The molecule has 22 heavy (non-hydrogen) atoms. The first-order valence-corrected chi connectivity index (χ1v) is 7.79. The van der Waals surface area contributed by atoms with Crippen LogP contribution in [0.1, 0.15) is 44.9 Å². The second-order valence-corrected chi connectivity index (χ2v) is 6.74. The maximum atomic E-state index is 14.3. The van der Waals surface area contributed by atoms with Crippen molar-refractivity contribution in [3.05, 3.63) is 59.4 Å². The molecule has 0 bridgehead atoms. The standard InChI is InChI=1S/C20H25FO/c1-6-14-11-12-15(16-9-7-8-10-18(16)21)17(13-14)19(22-5)20(2,3)4/h7-13,19H,6H2,1-5H3/t19-/m1/s1. The monoisotopic (exact) mass is 300 g/mol. The summed E-state index contributed by atoms with van der Waals surface area (Å²) >= 11 is 0. The van der Waals surface area contributed by atoms with Crippen molar-refractivity contribution in [3.8, 4) is 11.1 Å². The smallest absolute Gasteiger partial charge is 0.131 e. The Balaban J connectivity index is 2.67. The lowest BCUT2D eigenvalue weighted by Gasteiger charge is -2.31. The molecule has 2 aromatic carbocycles. The van der Waals surface area contributed by atoms with Crippen LogP contribution in [0.5, 0.6) is 0 Å². The van der Waals surface area contributed by atoms with Gasteiger partial charge < -0.3 is 4.74 Å². The SMILES string of the molecule is CCc1ccc(-c2ccccc2F)c([C@@H](OC)C(C)(C)C)c1. The van der Waals surface area contributed by atoms with Gasteiger partial charge in [0, 0.05) is 12.7 Å². The van der Waals surface area contributed by atoms with Crippen LogP contribution in [0.15, 0.2) is 42.5 Å². The lowest BCUT2D eigenvalue weighted by molar-refractivity contribution is 0.0155. The minimum absolute atomic E-state index is 0.0683. The summed E-state index contributed by atoms with van der Waals surface area (Å²) in [5, 5.41) is 0. The fourth-order valence-corrected chi connectivity index (χ4v) is 2.92. The van der Waals surface area contributed by atoms with Gasteiger partial charge in [-0.2, -0.15) is 0 Å². The molecule has 0 saturated heterocycles. The molecular formula is C20H25FO. The number of benzene rings is 2. The van der Waals surface area contributed by atoms with Crippen LogP contribution in [0, 0.1) is 11.2 Å². The largest absolute Gasteiger partial charge is 0.376 e. The van der Waals surface area contributed by atoms with Crippen LogP contribution in [0.3, 0.4) is 0 Å². The summed E-state index contributed by atoms with van der Waals surface area (Å²) < 4.78 is 20.0. The maximum Gasteiger partial charge on any atom is 0.131 e. The third-order valence-corrected chi connectivity index (χ3v) is 3.99. The van der Waals surface area contributed by atoms with E-state index in [1.165, 1.54) is 11.6 Å². The van der Waals surface area contributed by atoms with Gasteiger partial charge in [-0.05, 0) is 34.6 Å². The predicted molar refractivity (Wildman–Crippen MR) is 90.4 cm³/mol. The zero-order valence-corrected chi connectivity index (χ0v) is 14.1. The van der Waals surface area contributed by atoms with Gasteiger partial charge in [-0.3, -0.25) is 0 Å². The average Bonchev–Trinajstić information content (AvgIpc) is 2.47. The van der Waals surface area contributed by atoms with E-state index in [4.69, 9.17) is 4.74 Å². The molecule has 2 aromatic rings. The molecule has 2 rings (SSSR count). The molecule has 0 saturated carbocycles. The average molecular weight is 300 g/mol. The van der Waals surface area contributed by atoms with Crippen LogP contribution < -0.4 is 0 Å². The summed E-state index contributed by atoms with van der Waals surface area (Å²) in [5.74, 6) is -0.197. The van der Waals surface area contributed by atoms with E-state index in [0.717, 1.165) is 17.5 Å². The first kappa shape index (κ1) is 16.7. The van der Waals surface area contributed by atoms with E-state index < -0.39 is 0 Å². The van der Waals surface area contributed by atoms with Crippen molar-refractivity contribution in [1.29, 1.82) is 0 Å². The third kappa shape index (κ3) is 3.38. The molecule has 118 valence electrons. The third-order valence-electron chi connectivity index (χ3n) is 3.99. The van der Waals surface area contributed by atoms with E-state index in [-0.39, 0.29) is 17.3 Å². The zero-order chi connectivity index (χ0) is 16.3. The highest BCUT2D eigenvalue weighted by molar-refractivity contribution is 5.69. The van der Waals surface area contributed by atoms with Crippen LogP contribution in [0.4, 0.5) is 4.39 Å². The minimum atomic E-state index is -0.197. The van der Waals surface area contributed by atoms with Crippen LogP contribution in [-0.4, -0.2) is 7.11 Å². The van der Waals surface area contributed by atoms with Gasteiger partial charge in [0.2, 0.25) is 0 Å². The Hall–Kier alpha value is -1.67. The topological polar surface area (TPSA) is 9.23 Å². The number of halogens is 1. The highest BCUT2D eigenvalue weighted by atomic mass is 19.1. The van der Waals surface area contributed by atoms with Crippen molar-refractivity contribution in [2.75, 3.05) is 7.11 Å². The van der Waals surface area contributed by atoms with Gasteiger partial charge in [-0.1, -0.05) is 64.1 Å². The Morgan fingerprint density at radius 3 is 2.27 bits per heavy atom. The molecule has 1 atom stereocenters. The summed E-state index contributed by atoms with van der Waals surface area (Å²) in [6.45, 7) is 8.56. The summed E-state index contributed by atoms with van der Waals surface area (Å²) in [4.78, 5) is 0. The van der Waals surface area contributed by atoms with Gasteiger partial charge in [-0.25, -0.2) is 4.39 Å². The summed E-state index contributed by atoms with van der Waals surface area (Å²) in [6.07, 6.45) is 0.860. The summed E-state index contributed by atoms with van der Waals surface area (Å²) in [7, 11) is 1.72. The van der Waals surface area contributed by atoms with Gasteiger partial charge in [0.15, 0.2) is 0 Å². The van der Waals surface area contributed by atoms with E-state index in [9.17, 15) is 4.39 Å². The molecule has 0 aliphatic carbocycles. The van der Waals surface area contributed by atoms with Crippen molar-refractivity contribution in [1.82, 2.24) is 0 Å². The molecule has 0 aromatic heterocycles. The number of hydrogen-bond acceptors (Lipinski definition) is 1. The van der Waals surface area contributed by atoms with Crippen molar-refractivity contribution in [3.63, 3.8) is 0 Å². The fraction of sp³-hybridized carbons (Fsp3) is 0.400. The van der Waals surface area contributed by atoms with Gasteiger partial charge in [-0.15, -0.1) is 0 Å². The number of ether oxygens (including phenoxy) is 1. The number of methoxy groups -OCH3 is 1. The molecule has 0 N–H and O–H groups in total. The molecule has 0 fully saturated rings. The molecule has 0 spiro atoms. The van der Waals surface area contributed by atoms with Crippen LogP contribution in [0.25, 0.3) is 11.1 Å². The fourth-order valence-electron chi connectivity index (χ4n) is 2.92. The quantitative estimate of drug-likeness (QED) is 0.694. The van der Waals surface area contributed by atoms with Gasteiger partial charge >= 0.3 is 0 Å². The van der Waals surface area contributed by atoms with Crippen LogP contribution in [-0.2, 0) is 11.2 Å². The van der Waals surface area contributed by atoms with E-state index in [0.29, 0.717) is 5.56 Å². The van der Waals surface area contributed by atoms with E-state index in [1.54, 1.807) is 13.2 Å². The predicted octanol–water partition coefficient (Wildman–Crippen LogP) is 5.79. The van der Waals surface area contributed by atoms with Gasteiger partial charge in [0.25, 0.3) is 0 Å². The first-order valence-electron chi connectivity index (χ1n) is 7.79. The van der Waals surface area contributed by atoms with Crippen LogP contribution in [0.2, 0.25) is 0 Å². The Morgan fingerprint density at radius 1 is 1.05 bits per heavy atom. The van der Waals surface area contributed by atoms with Crippen molar-refractivity contribution in [2.24, 2.45) is 5.41 Å². The zero-order valence-electron chi connectivity index (χ0n) is 14.1. The van der Waals surface area contributed by atoms with E-state index >= 15 is 0 Å². The van der Waals surface area contributed by atoms with Crippen LogP contribution >= 0.6 is 0 Å². The Bertz CT molecular complexity index is 640. The highest BCUT2D eigenvalue weighted by Crippen LogP contribution is 2.41. The first-order chi connectivity index (χ1) is 10.4. The molecule has 0 radical (unpaired) electrons. The molecule has 0 unspecified atom stereocenters. The van der Waals surface area contributed by atoms with E-state index in [1.807, 2.05) is 18.2 Å². The molecular weight excluding hydrogens is 275 g/mol. The van der Waals surface area contributed by atoms with E-state index in [2.05, 4.69) is 39.8 Å². The number of hydrogen-bond donors (Lipinski definition) is 0. The molecule has 0 aliphatic rings. The normalized spacial score (nSPS) is 13.2. The lowest BCUT2D eigenvalue weighted by Crippen LogP contribution is -2.21. The summed E-state index contributed by atoms with van der Waals surface area (Å²) in [5.41, 5.74) is 3.77. The second kappa shape index (κ2) is 6.62. The molecule has 0 heterocycles. The lowest BCUT2D eigenvalue weighted by atomic mass is 9.81.